The van der Waals surface area contributed by atoms with Gasteiger partial charge in [-0.3, -0.25) is 4.79 Å². The Labute approximate surface area is 85.6 Å². The lowest BCUT2D eigenvalue weighted by molar-refractivity contribution is -0.122. The second kappa shape index (κ2) is 3.89. The monoisotopic (exact) mass is 196 g/mol. The molecule has 0 unspecified atom stereocenters. The van der Waals surface area contributed by atoms with Crippen LogP contribution in [0.15, 0.2) is 0 Å². The molecule has 0 radical (unpaired) electrons. The number of hydrogen-bond acceptors (Lipinski definition) is 2. The highest BCUT2D eigenvalue weighted by Crippen LogP contribution is 2.27. The smallest absolute Gasteiger partial charge is 0.220 e. The Morgan fingerprint density at radius 2 is 2.21 bits per heavy atom. The van der Waals surface area contributed by atoms with E-state index in [1.54, 1.807) is 0 Å². The van der Waals surface area contributed by atoms with Gasteiger partial charge in [0.2, 0.25) is 5.91 Å². The van der Waals surface area contributed by atoms with E-state index < -0.39 is 0 Å². The van der Waals surface area contributed by atoms with Crippen LogP contribution in [-0.4, -0.2) is 24.0 Å². The first-order valence-corrected chi connectivity index (χ1v) is 5.75. The van der Waals surface area contributed by atoms with Crippen molar-refractivity contribution in [2.75, 3.05) is 6.54 Å². The van der Waals surface area contributed by atoms with Crippen molar-refractivity contribution in [3.63, 3.8) is 0 Å². The molecule has 2 rings (SSSR count). The van der Waals surface area contributed by atoms with Gasteiger partial charge in [0.15, 0.2) is 0 Å². The zero-order valence-electron chi connectivity index (χ0n) is 8.94. The number of carbonyl (C=O) groups is 1. The summed E-state index contributed by atoms with van der Waals surface area (Å²) in [5.74, 6) is 0.235. The number of nitrogens with one attached hydrogen (secondary N) is 2. The zero-order valence-corrected chi connectivity index (χ0v) is 8.94. The van der Waals surface area contributed by atoms with Gasteiger partial charge in [0.05, 0.1) is 5.54 Å². The fraction of sp³-hybridized carbons (Fsp3) is 0.909. The van der Waals surface area contributed by atoms with Crippen molar-refractivity contribution in [1.29, 1.82) is 0 Å². The average molecular weight is 196 g/mol. The highest BCUT2D eigenvalue weighted by atomic mass is 16.1. The van der Waals surface area contributed by atoms with E-state index in [1.807, 2.05) is 0 Å². The summed E-state index contributed by atoms with van der Waals surface area (Å²) in [6.07, 6.45) is 6.45. The minimum absolute atomic E-state index is 0.00405. The molecule has 0 saturated carbocycles. The van der Waals surface area contributed by atoms with Crippen molar-refractivity contribution in [3.05, 3.63) is 0 Å². The standard InChI is InChI=1S/C11H20N2O/c1-11-7-2-3-8-12-9(11)5-4-6-10(14)13-11/h9,12H,2-8H2,1H3,(H,13,14)/t9-,11-/m1/s1. The molecule has 0 aromatic rings. The third-order valence-electron chi connectivity index (χ3n) is 3.60. The summed E-state index contributed by atoms with van der Waals surface area (Å²) in [5.41, 5.74) is 0.00405. The van der Waals surface area contributed by atoms with Crippen molar-refractivity contribution in [1.82, 2.24) is 10.6 Å². The summed E-state index contributed by atoms with van der Waals surface area (Å²) < 4.78 is 0. The highest BCUT2D eigenvalue weighted by molar-refractivity contribution is 5.77. The topological polar surface area (TPSA) is 41.1 Å². The summed E-state index contributed by atoms with van der Waals surface area (Å²) in [6, 6.07) is 0.483. The maximum Gasteiger partial charge on any atom is 0.220 e. The van der Waals surface area contributed by atoms with E-state index >= 15 is 0 Å². The van der Waals surface area contributed by atoms with Gasteiger partial charge in [-0.05, 0) is 45.6 Å². The number of rotatable bonds is 0. The molecule has 14 heavy (non-hydrogen) atoms. The molecule has 2 N–H and O–H groups in total. The first-order valence-electron chi connectivity index (χ1n) is 5.75. The second-order valence-electron chi connectivity index (χ2n) is 4.82. The number of hydrogen-bond donors (Lipinski definition) is 2. The first-order chi connectivity index (χ1) is 6.71. The van der Waals surface area contributed by atoms with Gasteiger partial charge < -0.3 is 10.6 Å². The minimum Gasteiger partial charge on any atom is -0.349 e. The van der Waals surface area contributed by atoms with Crippen molar-refractivity contribution in [3.8, 4) is 0 Å². The van der Waals surface area contributed by atoms with Gasteiger partial charge >= 0.3 is 0 Å². The third kappa shape index (κ3) is 1.92. The molecular formula is C11H20N2O. The van der Waals surface area contributed by atoms with Gasteiger partial charge in [0.1, 0.15) is 0 Å². The number of carbonyl (C=O) groups excluding carboxylic acids is 1. The third-order valence-corrected chi connectivity index (χ3v) is 3.60. The van der Waals surface area contributed by atoms with Crippen molar-refractivity contribution >= 4 is 5.91 Å². The average Bonchev–Trinajstić information content (AvgIpc) is 2.35. The van der Waals surface area contributed by atoms with Crippen LogP contribution in [0, 0.1) is 0 Å². The fourth-order valence-corrected chi connectivity index (χ4v) is 2.71. The van der Waals surface area contributed by atoms with Gasteiger partial charge in [-0.1, -0.05) is 0 Å². The Hall–Kier alpha value is -0.570. The van der Waals surface area contributed by atoms with Crippen molar-refractivity contribution in [2.24, 2.45) is 0 Å². The van der Waals surface area contributed by atoms with E-state index in [1.165, 1.54) is 12.8 Å². The van der Waals surface area contributed by atoms with Crippen LogP contribution in [0.4, 0.5) is 0 Å². The molecular weight excluding hydrogens is 176 g/mol. The van der Waals surface area contributed by atoms with Gasteiger partial charge in [-0.15, -0.1) is 0 Å². The lowest BCUT2D eigenvalue weighted by Gasteiger charge is -2.35. The Balaban J connectivity index is 2.15. The molecule has 0 aliphatic carbocycles. The van der Waals surface area contributed by atoms with Gasteiger partial charge in [-0.25, -0.2) is 0 Å². The Kier molecular flexibility index (Phi) is 2.77. The molecule has 0 bridgehead atoms. The van der Waals surface area contributed by atoms with E-state index in [4.69, 9.17) is 0 Å². The van der Waals surface area contributed by atoms with Crippen LogP contribution in [0.25, 0.3) is 0 Å². The predicted octanol–water partition coefficient (Wildman–Crippen LogP) is 1.19. The Morgan fingerprint density at radius 3 is 3.07 bits per heavy atom. The summed E-state index contributed by atoms with van der Waals surface area (Å²) in [5, 5.41) is 6.77. The Morgan fingerprint density at radius 1 is 1.36 bits per heavy atom. The zero-order chi connectivity index (χ0) is 10.0. The van der Waals surface area contributed by atoms with Crippen LogP contribution in [0.1, 0.15) is 45.4 Å². The quantitative estimate of drug-likeness (QED) is 0.611. The SMILES string of the molecule is C[C@@]12CCCCN[C@@H]1CCCC(=O)N2. The maximum absolute atomic E-state index is 11.5. The first kappa shape index (κ1) is 9.97. The number of fused-ring (bicyclic) bond motifs is 1. The molecule has 2 saturated heterocycles. The lowest BCUT2D eigenvalue weighted by atomic mass is 9.86. The minimum atomic E-state index is 0.00405. The Bertz CT molecular complexity index is 229. The predicted molar refractivity (Wildman–Crippen MR) is 56.0 cm³/mol. The molecule has 3 nitrogen and oxygen atoms in total. The van der Waals surface area contributed by atoms with E-state index in [0.717, 1.165) is 25.8 Å². The van der Waals surface area contributed by atoms with Crippen LogP contribution in [0.3, 0.4) is 0 Å². The van der Waals surface area contributed by atoms with Gasteiger partial charge in [-0.2, -0.15) is 0 Å². The molecule has 2 aliphatic heterocycles. The normalized spacial score (nSPS) is 39.2. The second-order valence-corrected chi connectivity index (χ2v) is 4.82. The van der Waals surface area contributed by atoms with Gasteiger partial charge in [0, 0.05) is 12.5 Å². The van der Waals surface area contributed by atoms with E-state index in [2.05, 4.69) is 17.6 Å². The molecule has 3 heteroatoms. The molecule has 2 aliphatic rings. The molecule has 2 atom stereocenters. The molecule has 0 aromatic carbocycles. The van der Waals surface area contributed by atoms with Crippen molar-refractivity contribution < 1.29 is 4.79 Å². The molecule has 0 spiro atoms. The van der Waals surface area contributed by atoms with E-state index in [0.29, 0.717) is 12.5 Å². The maximum atomic E-state index is 11.5. The van der Waals surface area contributed by atoms with Gasteiger partial charge in [0.25, 0.3) is 0 Å². The van der Waals surface area contributed by atoms with Crippen LogP contribution in [-0.2, 0) is 4.79 Å². The van der Waals surface area contributed by atoms with Crippen LogP contribution in [0.5, 0.6) is 0 Å². The summed E-state index contributed by atoms with van der Waals surface area (Å²) in [7, 11) is 0. The molecule has 80 valence electrons. The number of amides is 1. The lowest BCUT2D eigenvalue weighted by Crippen LogP contribution is -2.57. The highest BCUT2D eigenvalue weighted by Gasteiger charge is 2.37. The molecule has 0 aromatic heterocycles. The summed E-state index contributed by atoms with van der Waals surface area (Å²) in [6.45, 7) is 3.30. The summed E-state index contributed by atoms with van der Waals surface area (Å²) >= 11 is 0. The molecule has 2 heterocycles. The van der Waals surface area contributed by atoms with Crippen molar-refractivity contribution in [2.45, 2.75) is 57.0 Å². The molecule has 2 fully saturated rings. The van der Waals surface area contributed by atoms with Crippen LogP contribution in [0.2, 0.25) is 0 Å². The van der Waals surface area contributed by atoms with Crippen LogP contribution >= 0.6 is 0 Å². The largest absolute Gasteiger partial charge is 0.349 e. The van der Waals surface area contributed by atoms with E-state index in [9.17, 15) is 4.79 Å². The van der Waals surface area contributed by atoms with Crippen LogP contribution < -0.4 is 10.6 Å². The fourth-order valence-electron chi connectivity index (χ4n) is 2.71. The molecule has 1 amide bonds. The van der Waals surface area contributed by atoms with E-state index in [-0.39, 0.29) is 11.4 Å². The summed E-state index contributed by atoms with van der Waals surface area (Å²) in [4.78, 5) is 11.5.